The first-order valence-electron chi connectivity index (χ1n) is 6.68. The third-order valence-electron chi connectivity index (χ3n) is 2.73. The zero-order chi connectivity index (χ0) is 17.5. The maximum absolute atomic E-state index is 13.3. The van der Waals surface area contributed by atoms with E-state index >= 15 is 0 Å². The summed E-state index contributed by atoms with van der Waals surface area (Å²) < 4.78 is 36.1. The molecule has 9 heteroatoms. The molecule has 2 N–H and O–H groups in total. The van der Waals surface area contributed by atoms with Gasteiger partial charge in [-0.1, -0.05) is 6.07 Å². The maximum Gasteiger partial charge on any atom is 0.325 e. The molecule has 1 aromatic heterocycles. The summed E-state index contributed by atoms with van der Waals surface area (Å²) in [7, 11) is 0. The molecule has 0 saturated carbocycles. The van der Waals surface area contributed by atoms with Gasteiger partial charge in [-0.15, -0.1) is 0 Å². The van der Waals surface area contributed by atoms with Crippen LogP contribution in [0.4, 0.5) is 14.5 Å². The van der Waals surface area contributed by atoms with Crippen molar-refractivity contribution in [3.8, 4) is 0 Å². The molecule has 7 nitrogen and oxygen atoms in total. The fourth-order valence-electron chi connectivity index (χ4n) is 1.64. The Morgan fingerprint density at radius 3 is 2.42 bits per heavy atom. The molecule has 2 amide bonds. The van der Waals surface area contributed by atoms with Crippen molar-refractivity contribution < 1.29 is 32.3 Å². The van der Waals surface area contributed by atoms with Crippen molar-refractivity contribution in [3.05, 3.63) is 54.0 Å². The molecule has 24 heavy (non-hydrogen) atoms. The van der Waals surface area contributed by atoms with Gasteiger partial charge in [-0.05, 0) is 24.3 Å². The highest BCUT2D eigenvalue weighted by Gasteiger charge is 2.15. The highest BCUT2D eigenvalue weighted by atomic mass is 19.1. The summed E-state index contributed by atoms with van der Waals surface area (Å²) in [6.45, 7) is -1.26. The molecule has 2 aromatic rings. The van der Waals surface area contributed by atoms with E-state index in [1.54, 1.807) is 0 Å². The van der Waals surface area contributed by atoms with E-state index in [4.69, 9.17) is 4.42 Å². The van der Waals surface area contributed by atoms with Crippen molar-refractivity contribution in [2.75, 3.05) is 18.5 Å². The zero-order valence-electron chi connectivity index (χ0n) is 12.2. The van der Waals surface area contributed by atoms with Crippen molar-refractivity contribution in [1.82, 2.24) is 5.32 Å². The number of carbonyl (C=O) groups is 3. The predicted molar refractivity (Wildman–Crippen MR) is 77.0 cm³/mol. The van der Waals surface area contributed by atoms with E-state index < -0.39 is 48.3 Å². The number of para-hydroxylation sites is 1. The van der Waals surface area contributed by atoms with Crippen LogP contribution < -0.4 is 10.6 Å². The Kier molecular flexibility index (Phi) is 5.61. The SMILES string of the molecule is O=C(COC(=O)CNC(=O)c1ccco1)Nc1c(F)cccc1F. The number of anilines is 1. The molecule has 0 saturated heterocycles. The number of carbonyl (C=O) groups excluding carboxylic acids is 3. The quantitative estimate of drug-likeness (QED) is 0.778. The van der Waals surface area contributed by atoms with Gasteiger partial charge in [0.15, 0.2) is 12.4 Å². The molecule has 0 bridgehead atoms. The van der Waals surface area contributed by atoms with Crippen LogP contribution in [0.2, 0.25) is 0 Å². The van der Waals surface area contributed by atoms with E-state index in [1.165, 1.54) is 18.4 Å². The molecule has 2 rings (SSSR count). The molecule has 0 aliphatic rings. The molecular weight excluding hydrogens is 326 g/mol. The number of amides is 2. The van der Waals surface area contributed by atoms with E-state index in [1.807, 2.05) is 5.32 Å². The van der Waals surface area contributed by atoms with Crippen molar-refractivity contribution in [3.63, 3.8) is 0 Å². The molecule has 0 unspecified atom stereocenters. The van der Waals surface area contributed by atoms with E-state index in [-0.39, 0.29) is 5.76 Å². The highest BCUT2D eigenvalue weighted by molar-refractivity contribution is 5.95. The summed E-state index contributed by atoms with van der Waals surface area (Å²) in [5, 5.41) is 4.17. The topological polar surface area (TPSA) is 97.6 Å². The number of hydrogen-bond acceptors (Lipinski definition) is 5. The van der Waals surface area contributed by atoms with Crippen molar-refractivity contribution in [2.45, 2.75) is 0 Å². The summed E-state index contributed by atoms with van der Waals surface area (Å²) in [4.78, 5) is 34.4. The van der Waals surface area contributed by atoms with Crippen LogP contribution in [-0.2, 0) is 14.3 Å². The van der Waals surface area contributed by atoms with Crippen LogP contribution in [0, 0.1) is 11.6 Å². The van der Waals surface area contributed by atoms with Gasteiger partial charge in [-0.2, -0.15) is 0 Å². The van der Waals surface area contributed by atoms with E-state index in [0.29, 0.717) is 0 Å². The number of esters is 1. The van der Waals surface area contributed by atoms with Crippen LogP contribution in [0.3, 0.4) is 0 Å². The lowest BCUT2D eigenvalue weighted by Crippen LogP contribution is -2.32. The third kappa shape index (κ3) is 4.63. The Hall–Kier alpha value is -3.23. The monoisotopic (exact) mass is 338 g/mol. The van der Waals surface area contributed by atoms with Gasteiger partial charge in [0.2, 0.25) is 0 Å². The Balaban J connectivity index is 1.75. The summed E-state index contributed by atoms with van der Waals surface area (Å²) in [5.74, 6) is -4.37. The summed E-state index contributed by atoms with van der Waals surface area (Å²) in [6, 6.07) is 5.97. The fraction of sp³-hybridized carbons (Fsp3) is 0.133. The smallest absolute Gasteiger partial charge is 0.325 e. The minimum Gasteiger partial charge on any atom is -0.459 e. The highest BCUT2D eigenvalue weighted by Crippen LogP contribution is 2.17. The van der Waals surface area contributed by atoms with Gasteiger partial charge >= 0.3 is 5.97 Å². The van der Waals surface area contributed by atoms with E-state index in [9.17, 15) is 23.2 Å². The lowest BCUT2D eigenvalue weighted by atomic mass is 10.3. The number of rotatable bonds is 6. The second kappa shape index (κ2) is 7.86. The molecule has 0 atom stereocenters. The molecule has 1 heterocycles. The summed E-state index contributed by atoms with van der Waals surface area (Å²) in [6.07, 6.45) is 1.29. The first kappa shape index (κ1) is 17.1. The molecule has 0 aliphatic heterocycles. The first-order chi connectivity index (χ1) is 11.5. The Morgan fingerprint density at radius 2 is 1.79 bits per heavy atom. The second-order valence-corrected chi connectivity index (χ2v) is 4.47. The largest absolute Gasteiger partial charge is 0.459 e. The number of halogens is 2. The lowest BCUT2D eigenvalue weighted by Gasteiger charge is -2.08. The molecule has 126 valence electrons. The summed E-state index contributed by atoms with van der Waals surface area (Å²) >= 11 is 0. The normalized spacial score (nSPS) is 10.1. The van der Waals surface area contributed by atoms with Crippen molar-refractivity contribution in [1.29, 1.82) is 0 Å². The van der Waals surface area contributed by atoms with Gasteiger partial charge in [-0.25, -0.2) is 8.78 Å². The van der Waals surface area contributed by atoms with Crippen LogP contribution >= 0.6 is 0 Å². The van der Waals surface area contributed by atoms with Crippen LogP contribution in [0.15, 0.2) is 41.0 Å². The van der Waals surface area contributed by atoms with E-state index in [2.05, 4.69) is 10.1 Å². The molecular formula is C15H12F2N2O5. The van der Waals surface area contributed by atoms with Crippen LogP contribution in [0.5, 0.6) is 0 Å². The molecule has 0 fully saturated rings. The second-order valence-electron chi connectivity index (χ2n) is 4.47. The standard InChI is InChI=1S/C15H12F2N2O5/c16-9-3-1-4-10(17)14(9)19-12(20)8-24-13(21)7-18-15(22)11-5-2-6-23-11/h1-6H,7-8H2,(H,18,22)(H,19,20). The fourth-order valence-corrected chi connectivity index (χ4v) is 1.64. The first-order valence-corrected chi connectivity index (χ1v) is 6.68. The van der Waals surface area contributed by atoms with E-state index in [0.717, 1.165) is 18.2 Å². The van der Waals surface area contributed by atoms with Crippen molar-refractivity contribution in [2.24, 2.45) is 0 Å². The number of ether oxygens (including phenoxy) is 1. The number of furan rings is 1. The number of hydrogen-bond donors (Lipinski definition) is 2. The maximum atomic E-state index is 13.3. The van der Waals surface area contributed by atoms with Gasteiger partial charge in [0.25, 0.3) is 11.8 Å². The molecule has 1 aromatic carbocycles. The minimum absolute atomic E-state index is 0.00979. The van der Waals surface area contributed by atoms with Gasteiger partial charge in [-0.3, -0.25) is 14.4 Å². The van der Waals surface area contributed by atoms with Gasteiger partial charge in [0.1, 0.15) is 23.9 Å². The Bertz CT molecular complexity index is 726. The average Bonchev–Trinajstić information content (AvgIpc) is 3.09. The third-order valence-corrected chi connectivity index (χ3v) is 2.73. The molecule has 0 spiro atoms. The Labute approximate surface area is 134 Å². The number of nitrogens with one attached hydrogen (secondary N) is 2. The van der Waals surface area contributed by atoms with Crippen LogP contribution in [0.1, 0.15) is 10.6 Å². The van der Waals surface area contributed by atoms with Gasteiger partial charge < -0.3 is 19.8 Å². The zero-order valence-corrected chi connectivity index (χ0v) is 12.2. The van der Waals surface area contributed by atoms with Crippen molar-refractivity contribution >= 4 is 23.5 Å². The Morgan fingerprint density at radius 1 is 1.08 bits per heavy atom. The average molecular weight is 338 g/mol. The predicted octanol–water partition coefficient (Wildman–Crippen LogP) is 1.47. The lowest BCUT2D eigenvalue weighted by molar-refractivity contribution is -0.146. The van der Waals surface area contributed by atoms with Gasteiger partial charge in [0, 0.05) is 0 Å². The minimum atomic E-state index is -0.958. The number of benzene rings is 1. The van der Waals surface area contributed by atoms with Gasteiger partial charge in [0.05, 0.1) is 6.26 Å². The molecule has 0 aliphatic carbocycles. The van der Waals surface area contributed by atoms with Crippen LogP contribution in [-0.4, -0.2) is 30.9 Å². The summed E-state index contributed by atoms with van der Waals surface area (Å²) in [5.41, 5.74) is -0.635. The van der Waals surface area contributed by atoms with Crippen LogP contribution in [0.25, 0.3) is 0 Å². The molecule has 0 radical (unpaired) electrons.